The number of carbonyl (C=O) groups is 1. The minimum atomic E-state index is 0.0662. The molecule has 1 aromatic heterocycles. The Bertz CT molecular complexity index is 717. The summed E-state index contributed by atoms with van der Waals surface area (Å²) >= 11 is 3.50. The van der Waals surface area contributed by atoms with Gasteiger partial charge in [0.05, 0.1) is 6.42 Å². The molecule has 1 amide bonds. The van der Waals surface area contributed by atoms with Crippen LogP contribution in [-0.2, 0) is 11.2 Å². The molecule has 1 fully saturated rings. The van der Waals surface area contributed by atoms with Crippen LogP contribution >= 0.6 is 15.9 Å². The first-order valence-electron chi connectivity index (χ1n) is 9.03. The van der Waals surface area contributed by atoms with Crippen molar-refractivity contribution >= 4 is 27.7 Å². The van der Waals surface area contributed by atoms with E-state index in [0.29, 0.717) is 6.42 Å². The van der Waals surface area contributed by atoms with Crippen LogP contribution in [0.2, 0.25) is 0 Å². The van der Waals surface area contributed by atoms with Gasteiger partial charge in [-0.15, -0.1) is 0 Å². The summed E-state index contributed by atoms with van der Waals surface area (Å²) in [5.41, 5.74) is 1.01. The number of benzene rings is 1. The Hall–Kier alpha value is -1.92. The number of halogens is 1. The number of amides is 1. The number of nitrogens with zero attached hydrogens (tertiary/aromatic N) is 3. The second-order valence-corrected chi connectivity index (χ2v) is 7.57. The predicted molar refractivity (Wildman–Crippen MR) is 108 cm³/mol. The van der Waals surface area contributed by atoms with Gasteiger partial charge in [-0.2, -0.15) is 0 Å². The largest absolute Gasteiger partial charge is 0.354 e. The van der Waals surface area contributed by atoms with E-state index in [0.717, 1.165) is 48.6 Å². The maximum absolute atomic E-state index is 12.3. The van der Waals surface area contributed by atoms with Gasteiger partial charge in [-0.3, -0.25) is 9.69 Å². The number of hydrogen-bond acceptors (Lipinski definition) is 4. The predicted octanol–water partition coefficient (Wildman–Crippen LogP) is 2.71. The average Bonchev–Trinajstić information content (AvgIpc) is 2.65. The molecule has 0 saturated carbocycles. The molecule has 1 saturated heterocycles. The van der Waals surface area contributed by atoms with Gasteiger partial charge in [0.25, 0.3) is 0 Å². The van der Waals surface area contributed by atoms with Gasteiger partial charge in [-0.25, -0.2) is 4.98 Å². The van der Waals surface area contributed by atoms with E-state index in [-0.39, 0.29) is 11.9 Å². The summed E-state index contributed by atoms with van der Waals surface area (Å²) in [6.07, 6.45) is 2.24. The van der Waals surface area contributed by atoms with Gasteiger partial charge < -0.3 is 10.2 Å². The number of carbonyl (C=O) groups excluding carboxylic acids is 1. The van der Waals surface area contributed by atoms with Crippen molar-refractivity contribution in [1.29, 1.82) is 0 Å². The van der Waals surface area contributed by atoms with Crippen LogP contribution < -0.4 is 10.2 Å². The number of nitrogens with one attached hydrogen (secondary N) is 1. The monoisotopic (exact) mass is 416 g/mol. The lowest BCUT2D eigenvalue weighted by Gasteiger charge is -2.36. The Morgan fingerprint density at radius 2 is 1.88 bits per heavy atom. The summed E-state index contributed by atoms with van der Waals surface area (Å²) in [5, 5.41) is 3.12. The zero-order valence-corrected chi connectivity index (χ0v) is 16.7. The number of rotatable bonds is 6. The van der Waals surface area contributed by atoms with Gasteiger partial charge in [-0.1, -0.05) is 40.2 Å². The number of anilines is 1. The molecule has 1 aliphatic heterocycles. The van der Waals surface area contributed by atoms with Crippen LogP contribution in [0.1, 0.15) is 12.5 Å². The van der Waals surface area contributed by atoms with Crippen LogP contribution in [0.3, 0.4) is 0 Å². The molecule has 5 nitrogen and oxygen atoms in total. The minimum Gasteiger partial charge on any atom is -0.354 e. The first kappa shape index (κ1) is 18.9. The second kappa shape index (κ2) is 9.14. The fraction of sp³-hybridized carbons (Fsp3) is 0.400. The van der Waals surface area contributed by atoms with Gasteiger partial charge in [0.15, 0.2) is 0 Å². The second-order valence-electron chi connectivity index (χ2n) is 6.71. The van der Waals surface area contributed by atoms with Crippen molar-refractivity contribution in [3.63, 3.8) is 0 Å². The maximum atomic E-state index is 12.3. The number of pyridine rings is 1. The van der Waals surface area contributed by atoms with Gasteiger partial charge in [0.1, 0.15) is 5.82 Å². The lowest BCUT2D eigenvalue weighted by atomic mass is 10.1. The van der Waals surface area contributed by atoms with Crippen molar-refractivity contribution in [3.05, 3.63) is 58.7 Å². The fourth-order valence-corrected chi connectivity index (χ4v) is 3.70. The number of aromatic nitrogens is 1. The highest BCUT2D eigenvalue weighted by atomic mass is 79.9. The smallest absolute Gasteiger partial charge is 0.224 e. The molecular weight excluding hydrogens is 392 g/mol. The molecule has 6 heteroatoms. The van der Waals surface area contributed by atoms with Crippen molar-refractivity contribution in [2.45, 2.75) is 19.4 Å². The summed E-state index contributed by atoms with van der Waals surface area (Å²) in [5.74, 6) is 1.11. The summed E-state index contributed by atoms with van der Waals surface area (Å²) in [4.78, 5) is 21.4. The summed E-state index contributed by atoms with van der Waals surface area (Å²) in [6, 6.07) is 14.0. The third kappa shape index (κ3) is 5.29. The molecule has 1 N–H and O–H groups in total. The van der Waals surface area contributed by atoms with Crippen LogP contribution in [0.5, 0.6) is 0 Å². The molecule has 2 heterocycles. The highest BCUT2D eigenvalue weighted by Crippen LogP contribution is 2.16. The standard InChI is InChI=1S/C20H25BrN4O/c1-16(23-20(26)14-17-6-2-3-7-18(17)21)15-24-10-12-25(13-11-24)19-8-4-5-9-22-19/h2-9,16H,10-15H2,1H3,(H,23,26). The molecule has 1 atom stereocenters. The Labute approximate surface area is 163 Å². The topological polar surface area (TPSA) is 48.5 Å². The maximum Gasteiger partial charge on any atom is 0.224 e. The van der Waals surface area contributed by atoms with E-state index in [1.807, 2.05) is 42.6 Å². The van der Waals surface area contributed by atoms with Crippen LogP contribution in [-0.4, -0.2) is 54.6 Å². The highest BCUT2D eigenvalue weighted by molar-refractivity contribution is 9.10. The average molecular weight is 417 g/mol. The first-order valence-corrected chi connectivity index (χ1v) is 9.82. The van der Waals surface area contributed by atoms with E-state index in [4.69, 9.17) is 0 Å². The Kier molecular flexibility index (Phi) is 6.63. The van der Waals surface area contributed by atoms with Crippen molar-refractivity contribution < 1.29 is 4.79 Å². The van der Waals surface area contributed by atoms with Gasteiger partial charge in [0, 0.05) is 49.4 Å². The van der Waals surface area contributed by atoms with E-state index in [9.17, 15) is 4.79 Å². The molecule has 3 rings (SSSR count). The van der Waals surface area contributed by atoms with Crippen LogP contribution in [0.25, 0.3) is 0 Å². The fourth-order valence-electron chi connectivity index (χ4n) is 3.27. The Morgan fingerprint density at radius 1 is 1.15 bits per heavy atom. The van der Waals surface area contributed by atoms with E-state index in [1.165, 1.54) is 0 Å². The van der Waals surface area contributed by atoms with E-state index in [2.05, 4.69) is 49.0 Å². The quantitative estimate of drug-likeness (QED) is 0.786. The van der Waals surface area contributed by atoms with Crippen LogP contribution in [0, 0.1) is 0 Å². The van der Waals surface area contributed by atoms with E-state index in [1.54, 1.807) is 0 Å². The Morgan fingerprint density at radius 3 is 2.58 bits per heavy atom. The van der Waals surface area contributed by atoms with Crippen molar-refractivity contribution in [1.82, 2.24) is 15.2 Å². The molecule has 1 aliphatic rings. The molecule has 2 aromatic rings. The lowest BCUT2D eigenvalue weighted by molar-refractivity contribution is -0.121. The third-order valence-electron chi connectivity index (χ3n) is 4.59. The molecule has 0 spiro atoms. The Balaban J connectivity index is 1.42. The third-order valence-corrected chi connectivity index (χ3v) is 5.37. The molecule has 1 aromatic carbocycles. The zero-order chi connectivity index (χ0) is 18.4. The first-order chi connectivity index (χ1) is 12.6. The number of hydrogen-bond donors (Lipinski definition) is 1. The number of piperazine rings is 1. The molecule has 0 radical (unpaired) electrons. The van der Waals surface area contributed by atoms with Gasteiger partial charge in [-0.05, 0) is 30.7 Å². The molecule has 0 bridgehead atoms. The normalized spacial score (nSPS) is 16.3. The molecule has 26 heavy (non-hydrogen) atoms. The highest BCUT2D eigenvalue weighted by Gasteiger charge is 2.20. The molecular formula is C20H25BrN4O. The molecule has 0 aliphatic carbocycles. The van der Waals surface area contributed by atoms with Gasteiger partial charge in [0.2, 0.25) is 5.91 Å². The summed E-state index contributed by atoms with van der Waals surface area (Å²) in [7, 11) is 0. The van der Waals surface area contributed by atoms with Crippen molar-refractivity contribution in [3.8, 4) is 0 Å². The minimum absolute atomic E-state index is 0.0662. The van der Waals surface area contributed by atoms with Crippen LogP contribution in [0.15, 0.2) is 53.1 Å². The zero-order valence-electron chi connectivity index (χ0n) is 15.1. The van der Waals surface area contributed by atoms with Crippen LogP contribution in [0.4, 0.5) is 5.82 Å². The molecule has 138 valence electrons. The molecule has 1 unspecified atom stereocenters. The summed E-state index contributed by atoms with van der Waals surface area (Å²) in [6.45, 7) is 6.85. The van der Waals surface area contributed by atoms with Crippen molar-refractivity contribution in [2.24, 2.45) is 0 Å². The van der Waals surface area contributed by atoms with E-state index < -0.39 is 0 Å². The summed E-state index contributed by atoms with van der Waals surface area (Å²) < 4.78 is 0.980. The van der Waals surface area contributed by atoms with Gasteiger partial charge >= 0.3 is 0 Å². The van der Waals surface area contributed by atoms with E-state index >= 15 is 0 Å². The lowest BCUT2D eigenvalue weighted by Crippen LogP contribution is -2.51. The SMILES string of the molecule is CC(CN1CCN(c2ccccn2)CC1)NC(=O)Cc1ccccc1Br. The van der Waals surface area contributed by atoms with Crippen molar-refractivity contribution in [2.75, 3.05) is 37.6 Å².